The number of hydrogen-bond donors (Lipinski definition) is 2. The van der Waals surface area contributed by atoms with Crippen LogP contribution in [0.25, 0.3) is 5.69 Å². The summed E-state index contributed by atoms with van der Waals surface area (Å²) in [6, 6.07) is 15.1. The van der Waals surface area contributed by atoms with Crippen molar-refractivity contribution in [2.45, 2.75) is 13.5 Å². The number of hydrogen-bond acceptors (Lipinski definition) is 4. The van der Waals surface area contributed by atoms with Crippen LogP contribution in [0.3, 0.4) is 0 Å². The zero-order valence-electron chi connectivity index (χ0n) is 16.9. The first-order chi connectivity index (χ1) is 14.0. The molecule has 3 rings (SSSR count). The molecule has 2 N–H and O–H groups in total. The lowest BCUT2D eigenvalue weighted by Gasteiger charge is -2.12. The summed E-state index contributed by atoms with van der Waals surface area (Å²) in [5.41, 5.74) is 2.83. The molecule has 2 aromatic carbocycles. The van der Waals surface area contributed by atoms with Gasteiger partial charge in [-0.2, -0.15) is 0 Å². The second-order valence-corrected chi connectivity index (χ2v) is 6.84. The lowest BCUT2D eigenvalue weighted by Crippen LogP contribution is -2.30. The minimum atomic E-state index is -0.161. The van der Waals surface area contributed by atoms with Gasteiger partial charge in [-0.25, -0.2) is 4.68 Å². The third-order valence-electron chi connectivity index (χ3n) is 4.69. The average Bonchev–Trinajstić information content (AvgIpc) is 2.95. The summed E-state index contributed by atoms with van der Waals surface area (Å²) in [4.78, 5) is 12.9. The normalized spacial score (nSPS) is 10.5. The first kappa shape index (κ1) is 20.5. The third kappa shape index (κ3) is 4.27. The summed E-state index contributed by atoms with van der Waals surface area (Å²) in [5, 5.41) is 6.53. The van der Waals surface area contributed by atoms with Crippen LogP contribution >= 0.6 is 12.2 Å². The van der Waals surface area contributed by atoms with Gasteiger partial charge in [-0.15, -0.1) is 0 Å². The quantitative estimate of drug-likeness (QED) is 0.607. The minimum Gasteiger partial charge on any atom is -0.493 e. The number of nitrogens with zero attached hydrogens (tertiary/aromatic N) is 2. The fourth-order valence-corrected chi connectivity index (χ4v) is 3.22. The Morgan fingerprint density at radius 2 is 1.76 bits per heavy atom. The van der Waals surface area contributed by atoms with E-state index in [9.17, 15) is 4.79 Å². The molecule has 0 unspecified atom stereocenters. The van der Waals surface area contributed by atoms with E-state index in [4.69, 9.17) is 21.7 Å². The Labute approximate surface area is 174 Å². The maximum atomic E-state index is 12.9. The van der Waals surface area contributed by atoms with Crippen molar-refractivity contribution in [3.63, 3.8) is 0 Å². The predicted octanol–water partition coefficient (Wildman–Crippen LogP) is 2.99. The molecule has 8 heteroatoms. The molecule has 1 heterocycles. The molecular formula is C21H24N4O3S. The van der Waals surface area contributed by atoms with Crippen LogP contribution in [0.1, 0.15) is 11.3 Å². The van der Waals surface area contributed by atoms with E-state index in [0.717, 1.165) is 16.9 Å². The van der Waals surface area contributed by atoms with Crippen LogP contribution in [0.5, 0.6) is 11.5 Å². The Bertz CT molecular complexity index is 1070. The van der Waals surface area contributed by atoms with Gasteiger partial charge in [0.1, 0.15) is 5.69 Å². The molecule has 1 aromatic heterocycles. The van der Waals surface area contributed by atoms with Crippen molar-refractivity contribution in [3.05, 3.63) is 70.1 Å². The standard InChI is InChI=1S/C21H24N4O3S/c1-14-19(20(26)25(24(14)2)16-8-6-5-7-9-16)23-21(29)22-13-15-10-11-17(27-3)18(12-15)28-4/h5-12H,13H2,1-4H3,(H2,22,23,29). The lowest BCUT2D eigenvalue weighted by atomic mass is 10.2. The second-order valence-electron chi connectivity index (χ2n) is 6.43. The molecule has 0 bridgehead atoms. The Morgan fingerprint density at radius 3 is 2.41 bits per heavy atom. The molecule has 3 aromatic rings. The van der Waals surface area contributed by atoms with Gasteiger partial charge < -0.3 is 20.1 Å². The molecular weight excluding hydrogens is 388 g/mol. The van der Waals surface area contributed by atoms with E-state index >= 15 is 0 Å². The van der Waals surface area contributed by atoms with Gasteiger partial charge >= 0.3 is 0 Å². The van der Waals surface area contributed by atoms with E-state index in [0.29, 0.717) is 28.8 Å². The van der Waals surface area contributed by atoms with Crippen molar-refractivity contribution in [2.24, 2.45) is 7.05 Å². The first-order valence-corrected chi connectivity index (χ1v) is 9.47. The van der Waals surface area contributed by atoms with Gasteiger partial charge in [-0.3, -0.25) is 9.48 Å². The minimum absolute atomic E-state index is 0.161. The summed E-state index contributed by atoms with van der Waals surface area (Å²) in [6.07, 6.45) is 0. The molecule has 0 saturated heterocycles. The van der Waals surface area contributed by atoms with Crippen LogP contribution < -0.4 is 25.7 Å². The van der Waals surface area contributed by atoms with Crippen LogP contribution in [0.2, 0.25) is 0 Å². The molecule has 0 aliphatic carbocycles. The lowest BCUT2D eigenvalue weighted by molar-refractivity contribution is 0.354. The van der Waals surface area contributed by atoms with E-state index in [1.807, 2.05) is 62.5 Å². The molecule has 152 valence electrons. The monoisotopic (exact) mass is 412 g/mol. The average molecular weight is 413 g/mol. The van der Waals surface area contributed by atoms with Gasteiger partial charge in [0.15, 0.2) is 16.6 Å². The summed E-state index contributed by atoms with van der Waals surface area (Å²) >= 11 is 5.40. The predicted molar refractivity (Wildman–Crippen MR) is 118 cm³/mol. The molecule has 0 aliphatic heterocycles. The van der Waals surface area contributed by atoms with E-state index in [1.54, 1.807) is 23.6 Å². The number of rotatable bonds is 6. The van der Waals surface area contributed by atoms with E-state index < -0.39 is 0 Å². The van der Waals surface area contributed by atoms with E-state index in [-0.39, 0.29) is 5.56 Å². The highest BCUT2D eigenvalue weighted by Crippen LogP contribution is 2.27. The van der Waals surface area contributed by atoms with Crippen LogP contribution in [-0.2, 0) is 13.6 Å². The summed E-state index contributed by atoms with van der Waals surface area (Å²) in [7, 11) is 5.03. The number of benzene rings is 2. The highest BCUT2D eigenvalue weighted by molar-refractivity contribution is 7.80. The van der Waals surface area contributed by atoms with Gasteiger partial charge in [-0.1, -0.05) is 24.3 Å². The molecule has 29 heavy (non-hydrogen) atoms. The van der Waals surface area contributed by atoms with Gasteiger partial charge in [0.2, 0.25) is 0 Å². The number of para-hydroxylation sites is 1. The number of nitrogens with one attached hydrogen (secondary N) is 2. The van der Waals surface area contributed by atoms with Crippen LogP contribution in [-0.4, -0.2) is 28.7 Å². The molecule has 0 fully saturated rings. The Hall–Kier alpha value is -3.26. The van der Waals surface area contributed by atoms with E-state index in [1.165, 1.54) is 0 Å². The summed E-state index contributed by atoms with van der Waals surface area (Å²) < 4.78 is 14.0. The molecule has 0 saturated carbocycles. The van der Waals surface area contributed by atoms with Crippen molar-refractivity contribution in [1.29, 1.82) is 0 Å². The fraction of sp³-hybridized carbons (Fsp3) is 0.238. The third-order valence-corrected chi connectivity index (χ3v) is 4.94. The molecule has 0 spiro atoms. The second kappa shape index (κ2) is 8.83. The van der Waals surface area contributed by atoms with Crippen molar-refractivity contribution >= 4 is 23.0 Å². The summed E-state index contributed by atoms with van der Waals surface area (Å²) in [6.45, 7) is 2.35. The van der Waals surface area contributed by atoms with Crippen LogP contribution in [0.15, 0.2) is 53.3 Å². The maximum Gasteiger partial charge on any atom is 0.295 e. The van der Waals surface area contributed by atoms with Gasteiger partial charge in [0, 0.05) is 13.6 Å². The smallest absolute Gasteiger partial charge is 0.295 e. The van der Waals surface area contributed by atoms with Crippen LogP contribution in [0.4, 0.5) is 5.69 Å². The van der Waals surface area contributed by atoms with Gasteiger partial charge in [-0.05, 0) is 49.0 Å². The fourth-order valence-electron chi connectivity index (χ4n) is 3.04. The SMILES string of the molecule is COc1ccc(CNC(=S)Nc2c(C)n(C)n(-c3ccccc3)c2=O)cc1OC. The number of aromatic nitrogens is 2. The Balaban J connectivity index is 1.74. The van der Waals surface area contributed by atoms with Gasteiger partial charge in [0.05, 0.1) is 25.6 Å². The summed E-state index contributed by atoms with van der Waals surface area (Å²) in [5.74, 6) is 1.31. The maximum absolute atomic E-state index is 12.9. The van der Waals surface area contributed by atoms with Gasteiger partial charge in [0.25, 0.3) is 5.56 Å². The van der Waals surface area contributed by atoms with Crippen LogP contribution in [0, 0.1) is 6.92 Å². The Kier molecular flexibility index (Phi) is 6.23. The Morgan fingerprint density at radius 1 is 1.07 bits per heavy atom. The molecule has 0 atom stereocenters. The highest BCUT2D eigenvalue weighted by atomic mass is 32.1. The molecule has 0 amide bonds. The van der Waals surface area contributed by atoms with E-state index in [2.05, 4.69) is 10.6 Å². The molecule has 7 nitrogen and oxygen atoms in total. The highest BCUT2D eigenvalue weighted by Gasteiger charge is 2.17. The first-order valence-electron chi connectivity index (χ1n) is 9.06. The molecule has 0 aliphatic rings. The number of methoxy groups -OCH3 is 2. The van der Waals surface area contributed by atoms with Crippen molar-refractivity contribution < 1.29 is 9.47 Å². The van der Waals surface area contributed by atoms with Crippen molar-refractivity contribution in [1.82, 2.24) is 14.7 Å². The number of anilines is 1. The molecule has 0 radical (unpaired) electrons. The van der Waals surface area contributed by atoms with Crippen molar-refractivity contribution in [3.8, 4) is 17.2 Å². The number of thiocarbonyl (C=S) groups is 1. The largest absolute Gasteiger partial charge is 0.493 e. The number of ether oxygens (including phenoxy) is 2. The topological polar surface area (TPSA) is 69.5 Å². The zero-order chi connectivity index (χ0) is 21.0. The van der Waals surface area contributed by atoms with Crippen molar-refractivity contribution in [2.75, 3.05) is 19.5 Å². The zero-order valence-corrected chi connectivity index (χ0v) is 17.7.